The average molecular weight is 221 g/mol. The van der Waals surface area contributed by atoms with Crippen molar-refractivity contribution >= 4 is 5.69 Å². The lowest BCUT2D eigenvalue weighted by molar-refractivity contribution is 0.378. The standard InChI is InChI=1S/C14H20FN/c1-10-6-11(15)8-13(7-10)16-12-4-5-14(2,3)9-12/h6-8,12,16H,4-5,9H2,1-3H3. The zero-order valence-corrected chi connectivity index (χ0v) is 10.3. The van der Waals surface area contributed by atoms with Crippen molar-refractivity contribution < 1.29 is 4.39 Å². The smallest absolute Gasteiger partial charge is 0.125 e. The lowest BCUT2D eigenvalue weighted by atomic mass is 9.92. The molecule has 2 heteroatoms. The summed E-state index contributed by atoms with van der Waals surface area (Å²) in [5.41, 5.74) is 2.32. The van der Waals surface area contributed by atoms with Crippen LogP contribution >= 0.6 is 0 Å². The summed E-state index contributed by atoms with van der Waals surface area (Å²) in [5.74, 6) is -0.153. The van der Waals surface area contributed by atoms with E-state index in [1.807, 2.05) is 13.0 Å². The van der Waals surface area contributed by atoms with Gasteiger partial charge in [0.25, 0.3) is 0 Å². The van der Waals surface area contributed by atoms with Gasteiger partial charge < -0.3 is 5.32 Å². The van der Waals surface area contributed by atoms with Gasteiger partial charge in [-0.2, -0.15) is 0 Å². The van der Waals surface area contributed by atoms with E-state index in [1.165, 1.54) is 19.3 Å². The minimum atomic E-state index is -0.153. The van der Waals surface area contributed by atoms with Gasteiger partial charge in [-0.05, 0) is 55.4 Å². The molecule has 1 saturated carbocycles. The van der Waals surface area contributed by atoms with Crippen LogP contribution in [0.1, 0.15) is 38.7 Å². The van der Waals surface area contributed by atoms with Crippen LogP contribution in [0.25, 0.3) is 0 Å². The molecule has 88 valence electrons. The van der Waals surface area contributed by atoms with Crippen LogP contribution in [0.2, 0.25) is 0 Å². The number of hydrogen-bond acceptors (Lipinski definition) is 1. The van der Waals surface area contributed by atoms with E-state index in [2.05, 4.69) is 19.2 Å². The molecule has 0 saturated heterocycles. The van der Waals surface area contributed by atoms with Gasteiger partial charge in [0.2, 0.25) is 0 Å². The number of nitrogens with one attached hydrogen (secondary N) is 1. The Kier molecular flexibility index (Phi) is 2.92. The van der Waals surface area contributed by atoms with Gasteiger partial charge >= 0.3 is 0 Å². The number of benzene rings is 1. The predicted molar refractivity (Wildman–Crippen MR) is 66.2 cm³/mol. The van der Waals surface area contributed by atoms with Gasteiger partial charge in [0.15, 0.2) is 0 Å². The van der Waals surface area contributed by atoms with Crippen molar-refractivity contribution in [3.05, 3.63) is 29.6 Å². The molecule has 0 amide bonds. The molecule has 1 atom stereocenters. The van der Waals surface area contributed by atoms with Crippen molar-refractivity contribution in [1.29, 1.82) is 0 Å². The van der Waals surface area contributed by atoms with Gasteiger partial charge in [-0.1, -0.05) is 13.8 Å². The summed E-state index contributed by atoms with van der Waals surface area (Å²) in [6.45, 7) is 6.52. The Balaban J connectivity index is 2.05. The third-order valence-corrected chi connectivity index (χ3v) is 3.38. The van der Waals surface area contributed by atoms with Crippen molar-refractivity contribution in [3.63, 3.8) is 0 Å². The van der Waals surface area contributed by atoms with Crippen LogP contribution in [0.15, 0.2) is 18.2 Å². The molecule has 2 rings (SSSR count). The lowest BCUT2D eigenvalue weighted by Gasteiger charge is -2.18. The molecule has 1 fully saturated rings. The van der Waals surface area contributed by atoms with Crippen LogP contribution in [-0.2, 0) is 0 Å². The molecule has 1 aliphatic rings. The minimum Gasteiger partial charge on any atom is -0.382 e. The largest absolute Gasteiger partial charge is 0.382 e. The summed E-state index contributed by atoms with van der Waals surface area (Å²) in [7, 11) is 0. The third kappa shape index (κ3) is 2.75. The van der Waals surface area contributed by atoms with Gasteiger partial charge in [0, 0.05) is 11.7 Å². The van der Waals surface area contributed by atoms with Crippen LogP contribution in [-0.4, -0.2) is 6.04 Å². The highest BCUT2D eigenvalue weighted by Gasteiger charge is 2.30. The van der Waals surface area contributed by atoms with E-state index in [9.17, 15) is 4.39 Å². The van der Waals surface area contributed by atoms with Crippen molar-refractivity contribution in [1.82, 2.24) is 0 Å². The van der Waals surface area contributed by atoms with Gasteiger partial charge in [0.1, 0.15) is 5.82 Å². The van der Waals surface area contributed by atoms with Gasteiger partial charge in [-0.25, -0.2) is 4.39 Å². The Hall–Kier alpha value is -1.05. The van der Waals surface area contributed by atoms with Crippen molar-refractivity contribution in [2.24, 2.45) is 5.41 Å². The maximum Gasteiger partial charge on any atom is 0.125 e. The fourth-order valence-electron chi connectivity index (χ4n) is 2.61. The molecule has 1 N–H and O–H groups in total. The molecule has 1 aromatic rings. The first-order valence-electron chi connectivity index (χ1n) is 5.98. The van der Waals surface area contributed by atoms with Crippen molar-refractivity contribution in [3.8, 4) is 0 Å². The summed E-state index contributed by atoms with van der Waals surface area (Å²) in [6, 6.07) is 5.65. The number of aryl methyl sites for hydroxylation is 1. The maximum absolute atomic E-state index is 13.2. The van der Waals surface area contributed by atoms with Crippen LogP contribution in [0, 0.1) is 18.2 Å². The molecule has 0 radical (unpaired) electrons. The summed E-state index contributed by atoms with van der Waals surface area (Å²) >= 11 is 0. The van der Waals surface area contributed by atoms with Crippen LogP contribution in [0.5, 0.6) is 0 Å². The number of hydrogen-bond donors (Lipinski definition) is 1. The highest BCUT2D eigenvalue weighted by Crippen LogP contribution is 2.38. The molecule has 0 aliphatic heterocycles. The first-order chi connectivity index (χ1) is 7.44. The van der Waals surface area contributed by atoms with E-state index in [1.54, 1.807) is 12.1 Å². The Morgan fingerprint density at radius 2 is 2.06 bits per heavy atom. The highest BCUT2D eigenvalue weighted by atomic mass is 19.1. The Bertz CT molecular complexity index is 364. The van der Waals surface area contributed by atoms with Crippen LogP contribution in [0.3, 0.4) is 0 Å². The molecule has 16 heavy (non-hydrogen) atoms. The average Bonchev–Trinajstić information content (AvgIpc) is 2.43. The summed E-state index contributed by atoms with van der Waals surface area (Å²) in [6.07, 6.45) is 3.60. The predicted octanol–water partition coefficient (Wildman–Crippen LogP) is 4.12. The number of rotatable bonds is 2. The molecule has 0 bridgehead atoms. The second-order valence-electron chi connectivity index (χ2n) is 5.77. The molecule has 1 unspecified atom stereocenters. The van der Waals surface area contributed by atoms with E-state index >= 15 is 0 Å². The fraction of sp³-hybridized carbons (Fsp3) is 0.571. The SMILES string of the molecule is Cc1cc(F)cc(NC2CCC(C)(C)C2)c1. The molecular weight excluding hydrogens is 201 g/mol. The van der Waals surface area contributed by atoms with E-state index in [4.69, 9.17) is 0 Å². The zero-order valence-electron chi connectivity index (χ0n) is 10.3. The first kappa shape index (κ1) is 11.4. The second kappa shape index (κ2) is 4.08. The van der Waals surface area contributed by atoms with E-state index in [0.717, 1.165) is 11.3 Å². The molecule has 1 aliphatic carbocycles. The van der Waals surface area contributed by atoms with E-state index < -0.39 is 0 Å². The topological polar surface area (TPSA) is 12.0 Å². The van der Waals surface area contributed by atoms with Crippen molar-refractivity contribution in [2.45, 2.75) is 46.1 Å². The normalized spacial score (nSPS) is 23.4. The maximum atomic E-state index is 13.2. The van der Waals surface area contributed by atoms with Gasteiger partial charge in [-0.3, -0.25) is 0 Å². The van der Waals surface area contributed by atoms with E-state index in [0.29, 0.717) is 11.5 Å². The summed E-state index contributed by atoms with van der Waals surface area (Å²) < 4.78 is 13.2. The first-order valence-corrected chi connectivity index (χ1v) is 5.98. The Labute approximate surface area is 97.1 Å². The Morgan fingerprint density at radius 3 is 2.62 bits per heavy atom. The minimum absolute atomic E-state index is 0.153. The lowest BCUT2D eigenvalue weighted by Crippen LogP contribution is -2.17. The quantitative estimate of drug-likeness (QED) is 0.792. The molecule has 0 heterocycles. The van der Waals surface area contributed by atoms with Gasteiger partial charge in [0.05, 0.1) is 0 Å². The monoisotopic (exact) mass is 221 g/mol. The van der Waals surface area contributed by atoms with Crippen LogP contribution in [0.4, 0.5) is 10.1 Å². The zero-order chi connectivity index (χ0) is 11.8. The number of anilines is 1. The molecule has 1 aromatic carbocycles. The summed E-state index contributed by atoms with van der Waals surface area (Å²) in [4.78, 5) is 0. The summed E-state index contributed by atoms with van der Waals surface area (Å²) in [5, 5.41) is 3.44. The van der Waals surface area contributed by atoms with Gasteiger partial charge in [-0.15, -0.1) is 0 Å². The second-order valence-corrected chi connectivity index (χ2v) is 5.77. The molecule has 0 aromatic heterocycles. The van der Waals surface area contributed by atoms with E-state index in [-0.39, 0.29) is 5.82 Å². The van der Waals surface area contributed by atoms with Crippen LogP contribution < -0.4 is 5.32 Å². The Morgan fingerprint density at radius 1 is 1.31 bits per heavy atom. The highest BCUT2D eigenvalue weighted by molar-refractivity contribution is 5.47. The van der Waals surface area contributed by atoms with Crippen molar-refractivity contribution in [2.75, 3.05) is 5.32 Å². The third-order valence-electron chi connectivity index (χ3n) is 3.38. The molecular formula is C14H20FN. The fourth-order valence-corrected chi connectivity index (χ4v) is 2.61. The number of halogens is 1. The molecule has 0 spiro atoms. The molecule has 1 nitrogen and oxygen atoms in total.